The normalized spacial score (nSPS) is 13.0. The third-order valence-corrected chi connectivity index (χ3v) is 5.66. The highest BCUT2D eigenvalue weighted by atomic mass is 16.6. The Labute approximate surface area is 222 Å². The van der Waals surface area contributed by atoms with E-state index in [1.165, 1.54) is 0 Å². The molecule has 0 fully saturated rings. The third kappa shape index (κ3) is 9.90. The predicted octanol–water partition coefficient (Wildman–Crippen LogP) is 5.33. The van der Waals surface area contributed by atoms with E-state index in [9.17, 15) is 14.4 Å². The van der Waals surface area contributed by atoms with Crippen molar-refractivity contribution in [2.24, 2.45) is 0 Å². The number of rotatable bonds is 11. The lowest BCUT2D eigenvalue weighted by molar-refractivity contribution is -0.142. The Kier molecular flexibility index (Phi) is 11.2. The monoisotopic (exact) mass is 509 g/mol. The number of hydrogen-bond acceptors (Lipinski definition) is 4. The maximum absolute atomic E-state index is 14.2. The van der Waals surface area contributed by atoms with Gasteiger partial charge >= 0.3 is 6.09 Å². The van der Waals surface area contributed by atoms with Crippen LogP contribution in [0.5, 0.6) is 0 Å². The first kappa shape index (κ1) is 29.9. The highest BCUT2D eigenvalue weighted by Gasteiger charge is 2.36. The van der Waals surface area contributed by atoms with E-state index in [0.29, 0.717) is 13.0 Å². The van der Waals surface area contributed by atoms with Gasteiger partial charge in [-0.2, -0.15) is 0 Å². The van der Waals surface area contributed by atoms with E-state index in [1.807, 2.05) is 82.3 Å². The lowest BCUT2D eigenvalue weighted by atomic mass is 9.98. The van der Waals surface area contributed by atoms with Crippen LogP contribution >= 0.6 is 0 Å². The highest BCUT2D eigenvalue weighted by Crippen LogP contribution is 2.25. The molecule has 0 aliphatic rings. The van der Waals surface area contributed by atoms with Crippen LogP contribution in [0.25, 0.3) is 0 Å². The minimum atomic E-state index is -0.909. The molecule has 0 aliphatic carbocycles. The third-order valence-electron chi connectivity index (χ3n) is 5.66. The van der Waals surface area contributed by atoms with Crippen LogP contribution in [0.15, 0.2) is 54.6 Å². The zero-order chi connectivity index (χ0) is 27.6. The van der Waals surface area contributed by atoms with Crippen molar-refractivity contribution in [3.05, 3.63) is 71.3 Å². The van der Waals surface area contributed by atoms with Gasteiger partial charge in [0, 0.05) is 19.0 Å². The first-order chi connectivity index (χ1) is 17.4. The quantitative estimate of drug-likeness (QED) is 0.429. The molecule has 2 atom stereocenters. The molecule has 0 saturated heterocycles. The molecule has 0 aromatic heterocycles. The molecule has 0 heterocycles. The maximum atomic E-state index is 14.2. The lowest BCUT2D eigenvalue weighted by Crippen LogP contribution is -2.54. The van der Waals surface area contributed by atoms with Crippen molar-refractivity contribution >= 4 is 17.9 Å². The minimum Gasteiger partial charge on any atom is -0.444 e. The smallest absolute Gasteiger partial charge is 0.408 e. The summed E-state index contributed by atoms with van der Waals surface area (Å²) < 4.78 is 5.48. The van der Waals surface area contributed by atoms with E-state index < -0.39 is 23.8 Å². The van der Waals surface area contributed by atoms with Crippen LogP contribution in [0.1, 0.15) is 77.1 Å². The Hall–Kier alpha value is -3.35. The van der Waals surface area contributed by atoms with Gasteiger partial charge in [-0.05, 0) is 59.1 Å². The number of alkyl carbamates (subject to hydrolysis) is 1. The Morgan fingerprint density at radius 3 is 2.22 bits per heavy atom. The molecule has 37 heavy (non-hydrogen) atoms. The van der Waals surface area contributed by atoms with Crippen molar-refractivity contribution in [3.8, 4) is 0 Å². The SMILES string of the molecule is CCCCN(C(=O)C(Cc1ccccc1)NC(=O)OC(C)(C)C)C(C(=O)NC(C)C)c1cccc(C)c1. The van der Waals surface area contributed by atoms with Gasteiger partial charge in [-0.25, -0.2) is 4.79 Å². The molecule has 0 saturated carbocycles. The second-order valence-corrected chi connectivity index (χ2v) is 10.8. The average molecular weight is 510 g/mol. The van der Waals surface area contributed by atoms with Gasteiger partial charge in [0.2, 0.25) is 11.8 Å². The van der Waals surface area contributed by atoms with Crippen molar-refractivity contribution in [1.29, 1.82) is 0 Å². The van der Waals surface area contributed by atoms with Gasteiger partial charge in [-0.15, -0.1) is 0 Å². The van der Waals surface area contributed by atoms with Gasteiger partial charge in [0.1, 0.15) is 17.7 Å². The van der Waals surface area contributed by atoms with E-state index in [0.717, 1.165) is 23.1 Å². The number of amides is 3. The molecule has 2 aromatic carbocycles. The molecule has 3 amide bonds. The largest absolute Gasteiger partial charge is 0.444 e. The van der Waals surface area contributed by atoms with Gasteiger partial charge in [-0.1, -0.05) is 73.5 Å². The summed E-state index contributed by atoms with van der Waals surface area (Å²) in [6.07, 6.45) is 1.16. The number of ether oxygens (including phenoxy) is 1. The molecular weight excluding hydrogens is 466 g/mol. The second kappa shape index (κ2) is 13.8. The van der Waals surface area contributed by atoms with E-state index in [-0.39, 0.29) is 24.3 Å². The molecule has 2 N–H and O–H groups in total. The van der Waals surface area contributed by atoms with Gasteiger partial charge < -0.3 is 20.3 Å². The van der Waals surface area contributed by atoms with Crippen molar-refractivity contribution in [2.45, 2.75) is 91.5 Å². The fraction of sp³-hybridized carbons (Fsp3) is 0.500. The number of carbonyl (C=O) groups is 3. The van der Waals surface area contributed by atoms with Crippen LogP contribution in [0.4, 0.5) is 4.79 Å². The summed E-state index contributed by atoms with van der Waals surface area (Å²) in [5, 5.41) is 5.78. The van der Waals surface area contributed by atoms with Crippen LogP contribution in [0.3, 0.4) is 0 Å². The molecule has 0 radical (unpaired) electrons. The van der Waals surface area contributed by atoms with Crippen LogP contribution in [-0.2, 0) is 20.7 Å². The topological polar surface area (TPSA) is 87.7 Å². The standard InChI is InChI=1S/C30H43N3O4/c1-8-9-18-33(26(27(34)31-21(2)3)24-17-13-14-22(4)19-24)28(35)25(20-23-15-11-10-12-16-23)32-29(36)37-30(5,6)7/h10-17,19,21,25-26H,8-9,18,20H2,1-7H3,(H,31,34)(H,32,36). The molecule has 7 nitrogen and oxygen atoms in total. The molecular formula is C30H43N3O4. The zero-order valence-electron chi connectivity index (χ0n) is 23.3. The Morgan fingerprint density at radius 2 is 1.65 bits per heavy atom. The predicted molar refractivity (Wildman–Crippen MR) is 147 cm³/mol. The molecule has 7 heteroatoms. The molecule has 2 unspecified atom stereocenters. The fourth-order valence-corrected chi connectivity index (χ4v) is 4.07. The van der Waals surface area contributed by atoms with Crippen LogP contribution in [-0.4, -0.2) is 47.0 Å². The summed E-state index contributed by atoms with van der Waals surface area (Å²) in [5.41, 5.74) is 1.91. The van der Waals surface area contributed by atoms with Crippen molar-refractivity contribution < 1.29 is 19.1 Å². The molecule has 2 rings (SSSR count). The first-order valence-corrected chi connectivity index (χ1v) is 13.1. The van der Waals surface area contributed by atoms with Gasteiger partial charge in [0.05, 0.1) is 0 Å². The van der Waals surface area contributed by atoms with E-state index in [1.54, 1.807) is 25.7 Å². The van der Waals surface area contributed by atoms with Gasteiger partial charge in [-0.3, -0.25) is 9.59 Å². The fourth-order valence-electron chi connectivity index (χ4n) is 4.07. The molecule has 202 valence electrons. The van der Waals surface area contributed by atoms with E-state index in [4.69, 9.17) is 4.74 Å². The van der Waals surface area contributed by atoms with Crippen LogP contribution < -0.4 is 10.6 Å². The molecule has 0 bridgehead atoms. The number of unbranched alkanes of at least 4 members (excludes halogenated alkanes) is 1. The summed E-state index contributed by atoms with van der Waals surface area (Å²) in [7, 11) is 0. The number of carbonyl (C=O) groups excluding carboxylic acids is 3. The Bertz CT molecular complexity index is 1030. The summed E-state index contributed by atoms with van der Waals surface area (Å²) >= 11 is 0. The van der Waals surface area contributed by atoms with Crippen molar-refractivity contribution in [1.82, 2.24) is 15.5 Å². The molecule has 0 spiro atoms. The van der Waals surface area contributed by atoms with E-state index in [2.05, 4.69) is 10.6 Å². The maximum Gasteiger partial charge on any atom is 0.408 e. The van der Waals surface area contributed by atoms with Crippen LogP contribution in [0, 0.1) is 6.92 Å². The number of aryl methyl sites for hydroxylation is 1. The summed E-state index contributed by atoms with van der Waals surface area (Å²) in [6.45, 7) is 13.5. The second-order valence-electron chi connectivity index (χ2n) is 10.8. The number of benzene rings is 2. The summed E-state index contributed by atoms with van der Waals surface area (Å²) in [4.78, 5) is 42.2. The van der Waals surface area contributed by atoms with Crippen molar-refractivity contribution in [3.63, 3.8) is 0 Å². The Morgan fingerprint density at radius 1 is 0.973 bits per heavy atom. The number of nitrogens with one attached hydrogen (secondary N) is 2. The highest BCUT2D eigenvalue weighted by molar-refractivity contribution is 5.92. The summed E-state index contributed by atoms with van der Waals surface area (Å²) in [5.74, 6) is -0.575. The van der Waals surface area contributed by atoms with Gasteiger partial charge in [0.25, 0.3) is 0 Å². The number of nitrogens with zero attached hydrogens (tertiary/aromatic N) is 1. The van der Waals surface area contributed by atoms with Crippen LogP contribution in [0.2, 0.25) is 0 Å². The van der Waals surface area contributed by atoms with E-state index >= 15 is 0 Å². The van der Waals surface area contributed by atoms with Gasteiger partial charge in [0.15, 0.2) is 0 Å². The number of hydrogen-bond donors (Lipinski definition) is 2. The van der Waals surface area contributed by atoms with Crippen molar-refractivity contribution in [2.75, 3.05) is 6.54 Å². The lowest BCUT2D eigenvalue weighted by Gasteiger charge is -2.35. The zero-order valence-corrected chi connectivity index (χ0v) is 23.3. The minimum absolute atomic E-state index is 0.0945. The average Bonchev–Trinajstić information content (AvgIpc) is 2.79. The molecule has 0 aliphatic heterocycles. The molecule has 2 aromatic rings. The first-order valence-electron chi connectivity index (χ1n) is 13.1. The summed E-state index contributed by atoms with van der Waals surface area (Å²) in [6, 6.07) is 15.3. The Balaban J connectivity index is 2.53.